The van der Waals surface area contributed by atoms with Crippen molar-refractivity contribution in [2.75, 3.05) is 4.90 Å². The lowest BCUT2D eigenvalue weighted by molar-refractivity contribution is 0.617. The normalized spacial score (nSPS) is 13.0. The smallest absolute Gasteiger partial charge is 0.209 e. The summed E-state index contributed by atoms with van der Waals surface area (Å²) in [4.78, 5) is 2.33. The van der Waals surface area contributed by atoms with Crippen LogP contribution in [0.25, 0.3) is 22.1 Å². The standard InChI is InChI=1S/C29H23NO/c1-20-15-18-27(25(19-20)21-9-3-2-4-10-21)30-26-13-7-5-11-22(26)16-17-24-23-12-6-8-14-28(23)31-29(24)30/h2-15,18-19H,16-17H2,1H3. The van der Waals surface area contributed by atoms with Gasteiger partial charge in [0.2, 0.25) is 5.88 Å². The minimum atomic E-state index is 0.937. The quantitative estimate of drug-likeness (QED) is 0.298. The fourth-order valence-electron chi connectivity index (χ4n) is 4.75. The van der Waals surface area contributed by atoms with Crippen LogP contribution in [0.15, 0.2) is 101 Å². The first-order valence-electron chi connectivity index (χ1n) is 10.8. The fourth-order valence-corrected chi connectivity index (χ4v) is 4.75. The molecule has 4 aromatic carbocycles. The molecular weight excluding hydrogens is 378 g/mol. The number of anilines is 3. The van der Waals surface area contributed by atoms with Crippen molar-refractivity contribution in [3.63, 3.8) is 0 Å². The summed E-state index contributed by atoms with van der Waals surface area (Å²) in [5, 5.41) is 1.21. The number of hydrogen-bond acceptors (Lipinski definition) is 2. The average Bonchev–Trinajstić information content (AvgIpc) is 3.10. The van der Waals surface area contributed by atoms with Gasteiger partial charge in [0.15, 0.2) is 0 Å². The Labute approximate surface area is 182 Å². The molecule has 0 atom stereocenters. The number of aryl methyl sites for hydroxylation is 3. The van der Waals surface area contributed by atoms with Crippen molar-refractivity contribution < 1.29 is 4.42 Å². The van der Waals surface area contributed by atoms with Crippen LogP contribution < -0.4 is 4.90 Å². The Bertz CT molecular complexity index is 1400. The Hall–Kier alpha value is -3.78. The van der Waals surface area contributed by atoms with Crippen molar-refractivity contribution in [1.82, 2.24) is 0 Å². The third-order valence-electron chi connectivity index (χ3n) is 6.23. The number of fused-ring (bicyclic) bond motifs is 4. The number of rotatable bonds is 2. The topological polar surface area (TPSA) is 16.4 Å². The van der Waals surface area contributed by atoms with Gasteiger partial charge in [-0.1, -0.05) is 78.4 Å². The van der Waals surface area contributed by atoms with E-state index in [4.69, 9.17) is 4.42 Å². The molecule has 1 aromatic heterocycles. The van der Waals surface area contributed by atoms with Gasteiger partial charge in [0, 0.05) is 16.5 Å². The number of furan rings is 1. The second-order valence-electron chi connectivity index (χ2n) is 8.23. The molecule has 31 heavy (non-hydrogen) atoms. The summed E-state index contributed by atoms with van der Waals surface area (Å²) < 4.78 is 6.54. The second kappa shape index (κ2) is 7.17. The molecule has 0 spiro atoms. The first-order valence-corrected chi connectivity index (χ1v) is 10.8. The molecule has 0 radical (unpaired) electrons. The Morgan fingerprint density at radius 1 is 0.710 bits per heavy atom. The molecule has 0 N–H and O–H groups in total. The molecule has 6 rings (SSSR count). The maximum atomic E-state index is 6.54. The molecule has 1 aliphatic rings. The van der Waals surface area contributed by atoms with E-state index >= 15 is 0 Å². The zero-order valence-corrected chi connectivity index (χ0v) is 17.5. The van der Waals surface area contributed by atoms with E-state index in [1.54, 1.807) is 0 Å². The van der Waals surface area contributed by atoms with Crippen LogP contribution in [0, 0.1) is 6.92 Å². The van der Waals surface area contributed by atoms with Crippen molar-refractivity contribution >= 4 is 28.2 Å². The van der Waals surface area contributed by atoms with Crippen molar-refractivity contribution in [2.24, 2.45) is 0 Å². The molecule has 1 aliphatic heterocycles. The largest absolute Gasteiger partial charge is 0.439 e. The zero-order chi connectivity index (χ0) is 20.8. The number of nitrogens with zero attached hydrogens (tertiary/aromatic N) is 1. The van der Waals surface area contributed by atoms with E-state index in [0.717, 1.165) is 30.0 Å². The van der Waals surface area contributed by atoms with Crippen LogP contribution in [-0.2, 0) is 12.8 Å². The minimum Gasteiger partial charge on any atom is -0.439 e. The van der Waals surface area contributed by atoms with E-state index in [1.807, 2.05) is 6.07 Å². The Morgan fingerprint density at radius 3 is 2.39 bits per heavy atom. The number of hydrogen-bond donors (Lipinski definition) is 0. The summed E-state index contributed by atoms with van der Waals surface area (Å²) >= 11 is 0. The summed E-state index contributed by atoms with van der Waals surface area (Å²) in [6.45, 7) is 2.15. The number of benzene rings is 4. The van der Waals surface area contributed by atoms with E-state index in [1.165, 1.54) is 38.9 Å². The molecule has 0 saturated carbocycles. The van der Waals surface area contributed by atoms with Crippen LogP contribution in [0.3, 0.4) is 0 Å². The molecule has 5 aromatic rings. The molecule has 150 valence electrons. The van der Waals surface area contributed by atoms with Crippen molar-refractivity contribution in [3.05, 3.63) is 114 Å². The molecule has 2 heterocycles. The Morgan fingerprint density at radius 2 is 1.48 bits per heavy atom. The van der Waals surface area contributed by atoms with E-state index in [0.29, 0.717) is 0 Å². The highest BCUT2D eigenvalue weighted by atomic mass is 16.4. The third-order valence-corrected chi connectivity index (χ3v) is 6.23. The summed E-state index contributed by atoms with van der Waals surface area (Å²) in [6.07, 6.45) is 1.96. The molecule has 2 nitrogen and oxygen atoms in total. The van der Waals surface area contributed by atoms with E-state index in [2.05, 4.69) is 103 Å². The Balaban J connectivity index is 1.68. The minimum absolute atomic E-state index is 0.937. The predicted octanol–water partition coefficient (Wildman–Crippen LogP) is 7.98. The lowest BCUT2D eigenvalue weighted by Gasteiger charge is -2.27. The van der Waals surface area contributed by atoms with Crippen LogP contribution in [0.1, 0.15) is 16.7 Å². The van der Waals surface area contributed by atoms with Gasteiger partial charge in [0.25, 0.3) is 0 Å². The van der Waals surface area contributed by atoms with Crippen molar-refractivity contribution in [2.45, 2.75) is 19.8 Å². The van der Waals surface area contributed by atoms with Crippen LogP contribution in [0.4, 0.5) is 17.3 Å². The third kappa shape index (κ3) is 2.95. The van der Waals surface area contributed by atoms with Gasteiger partial charge < -0.3 is 4.42 Å². The highest BCUT2D eigenvalue weighted by molar-refractivity contribution is 5.94. The van der Waals surface area contributed by atoms with Gasteiger partial charge in [0.1, 0.15) is 5.58 Å². The van der Waals surface area contributed by atoms with Crippen LogP contribution in [-0.4, -0.2) is 0 Å². The van der Waals surface area contributed by atoms with Crippen LogP contribution >= 0.6 is 0 Å². The maximum Gasteiger partial charge on any atom is 0.209 e. The van der Waals surface area contributed by atoms with Crippen molar-refractivity contribution in [3.8, 4) is 11.1 Å². The maximum absolute atomic E-state index is 6.54. The number of para-hydroxylation sites is 2. The lowest BCUT2D eigenvalue weighted by Crippen LogP contribution is -2.12. The van der Waals surface area contributed by atoms with Gasteiger partial charge in [-0.05, 0) is 55.2 Å². The second-order valence-corrected chi connectivity index (χ2v) is 8.23. The molecule has 0 bridgehead atoms. The van der Waals surface area contributed by atoms with E-state index in [9.17, 15) is 0 Å². The van der Waals surface area contributed by atoms with Gasteiger partial charge in [-0.2, -0.15) is 0 Å². The van der Waals surface area contributed by atoms with Gasteiger partial charge in [-0.25, -0.2) is 0 Å². The highest BCUT2D eigenvalue weighted by Crippen LogP contribution is 2.48. The van der Waals surface area contributed by atoms with Crippen molar-refractivity contribution in [1.29, 1.82) is 0 Å². The van der Waals surface area contributed by atoms with Gasteiger partial charge >= 0.3 is 0 Å². The molecule has 2 heteroatoms. The van der Waals surface area contributed by atoms with Crippen LogP contribution in [0.2, 0.25) is 0 Å². The summed E-state index contributed by atoms with van der Waals surface area (Å²) in [5.41, 5.74) is 9.59. The lowest BCUT2D eigenvalue weighted by atomic mass is 9.99. The molecule has 0 amide bonds. The van der Waals surface area contributed by atoms with Gasteiger partial charge in [-0.15, -0.1) is 0 Å². The molecule has 0 aliphatic carbocycles. The zero-order valence-electron chi connectivity index (χ0n) is 17.5. The SMILES string of the molecule is Cc1ccc(N2c3ccccc3CCc3c2oc2ccccc32)c(-c2ccccc2)c1. The van der Waals surface area contributed by atoms with Crippen LogP contribution in [0.5, 0.6) is 0 Å². The monoisotopic (exact) mass is 401 g/mol. The summed E-state index contributed by atoms with van der Waals surface area (Å²) in [7, 11) is 0. The molecule has 0 saturated heterocycles. The van der Waals surface area contributed by atoms with E-state index < -0.39 is 0 Å². The van der Waals surface area contributed by atoms with Gasteiger partial charge in [-0.3, -0.25) is 4.90 Å². The fraction of sp³-hybridized carbons (Fsp3) is 0.103. The Kier molecular flexibility index (Phi) is 4.17. The molecular formula is C29H23NO. The predicted molar refractivity (Wildman–Crippen MR) is 128 cm³/mol. The molecule has 0 unspecified atom stereocenters. The first kappa shape index (κ1) is 18.0. The van der Waals surface area contributed by atoms with E-state index in [-0.39, 0.29) is 0 Å². The van der Waals surface area contributed by atoms with Gasteiger partial charge in [0.05, 0.1) is 11.4 Å². The highest BCUT2D eigenvalue weighted by Gasteiger charge is 2.28. The first-order chi connectivity index (χ1) is 15.3. The molecule has 0 fully saturated rings. The summed E-state index contributed by atoms with van der Waals surface area (Å²) in [5.74, 6) is 0.937. The summed E-state index contributed by atoms with van der Waals surface area (Å²) in [6, 6.07) is 34.4. The average molecular weight is 402 g/mol.